The van der Waals surface area contributed by atoms with Gasteiger partial charge in [0.15, 0.2) is 0 Å². The van der Waals surface area contributed by atoms with Crippen LogP contribution >= 0.6 is 0 Å². The van der Waals surface area contributed by atoms with E-state index < -0.39 is 15.9 Å². The number of hydrogen-bond donors (Lipinski definition) is 2. The van der Waals surface area contributed by atoms with Crippen molar-refractivity contribution in [2.75, 3.05) is 0 Å². The lowest BCUT2D eigenvalue weighted by Crippen LogP contribution is -2.42. The molecule has 0 spiro atoms. The van der Waals surface area contributed by atoms with E-state index in [-0.39, 0.29) is 20.6 Å². The predicted molar refractivity (Wildman–Crippen MR) is 76.8 cm³/mol. The minimum atomic E-state index is -4.18. The molecular formula is C14H14N2O4S. The fourth-order valence-electron chi connectivity index (χ4n) is 1.83. The molecule has 0 aliphatic rings. The highest BCUT2D eigenvalue weighted by Crippen LogP contribution is 2.22. The number of benzene rings is 2. The molecule has 110 valence electrons. The van der Waals surface area contributed by atoms with Gasteiger partial charge in [-0.2, -0.15) is 12.8 Å². The summed E-state index contributed by atoms with van der Waals surface area (Å²) in [4.78, 5) is 12.1. The maximum atomic E-state index is 12.4. The van der Waals surface area contributed by atoms with Crippen LogP contribution in [0.4, 0.5) is 0 Å². The number of phenolic OH excluding ortho intramolecular Hbond substituents is 1. The van der Waals surface area contributed by atoms with Crippen LogP contribution in [0.1, 0.15) is 15.9 Å². The maximum Gasteiger partial charge on any atom is 0.285 e. The molecule has 0 saturated heterocycles. The molecule has 7 heteroatoms. The topological polar surface area (TPSA) is 101 Å². The van der Waals surface area contributed by atoms with Crippen LogP contribution in [0.2, 0.25) is 0 Å². The number of nitrogens with zero attached hydrogens (tertiary/aromatic N) is 1. The molecule has 0 unspecified atom stereocenters. The summed E-state index contributed by atoms with van der Waals surface area (Å²) in [5.41, 5.74) is 0.287. The third-order valence-corrected chi connectivity index (χ3v) is 4.66. The highest BCUT2D eigenvalue weighted by Gasteiger charge is 2.29. The third-order valence-electron chi connectivity index (χ3n) is 2.97. The quantitative estimate of drug-likeness (QED) is 0.507. The van der Waals surface area contributed by atoms with Crippen molar-refractivity contribution in [3.63, 3.8) is 0 Å². The van der Waals surface area contributed by atoms with E-state index in [1.807, 2.05) is 0 Å². The molecule has 21 heavy (non-hydrogen) atoms. The number of nitrogens with two attached hydrogens (primary N) is 1. The Morgan fingerprint density at radius 2 is 1.67 bits per heavy atom. The van der Waals surface area contributed by atoms with Gasteiger partial charge < -0.3 is 5.11 Å². The van der Waals surface area contributed by atoms with Gasteiger partial charge in [-0.25, -0.2) is 5.84 Å². The number of hydrazine groups is 1. The first-order valence-corrected chi connectivity index (χ1v) is 7.47. The lowest BCUT2D eigenvalue weighted by atomic mass is 10.2. The summed E-state index contributed by atoms with van der Waals surface area (Å²) in [5, 5.41) is 9.62. The standard InChI is InChI=1S/C14H14N2O4S/c1-10-6-2-5-9-13(10)21(19,20)16(15)14(18)11-7-3-4-8-12(11)17/h2-9,17H,15H2,1H3. The van der Waals surface area contributed by atoms with Crippen molar-refractivity contribution in [1.29, 1.82) is 0 Å². The van der Waals surface area contributed by atoms with Crippen LogP contribution in [0.15, 0.2) is 53.4 Å². The largest absolute Gasteiger partial charge is 0.507 e. The highest BCUT2D eigenvalue weighted by molar-refractivity contribution is 7.89. The van der Waals surface area contributed by atoms with E-state index >= 15 is 0 Å². The Hall–Kier alpha value is -2.38. The van der Waals surface area contributed by atoms with Crippen molar-refractivity contribution in [3.8, 4) is 5.75 Å². The van der Waals surface area contributed by atoms with Gasteiger partial charge in [-0.3, -0.25) is 4.79 Å². The molecule has 0 bridgehead atoms. The van der Waals surface area contributed by atoms with Gasteiger partial charge in [-0.15, -0.1) is 0 Å². The molecule has 0 heterocycles. The average Bonchev–Trinajstić information content (AvgIpc) is 2.46. The van der Waals surface area contributed by atoms with Crippen LogP contribution in [0.3, 0.4) is 0 Å². The second-order valence-electron chi connectivity index (χ2n) is 4.39. The number of hydrogen-bond acceptors (Lipinski definition) is 5. The van der Waals surface area contributed by atoms with Gasteiger partial charge in [0.05, 0.1) is 10.5 Å². The minimum absolute atomic E-state index is 0.0590. The summed E-state index contributed by atoms with van der Waals surface area (Å²) in [6.07, 6.45) is 0. The first-order valence-electron chi connectivity index (χ1n) is 6.03. The van der Waals surface area contributed by atoms with Crippen molar-refractivity contribution < 1.29 is 18.3 Å². The number of rotatable bonds is 3. The van der Waals surface area contributed by atoms with Gasteiger partial charge in [-0.1, -0.05) is 30.3 Å². The van der Waals surface area contributed by atoms with E-state index in [2.05, 4.69) is 0 Å². The molecule has 2 aromatic rings. The molecule has 1 amide bonds. The molecule has 0 fully saturated rings. The monoisotopic (exact) mass is 306 g/mol. The predicted octanol–water partition coefficient (Wildman–Crippen LogP) is 1.41. The molecule has 2 rings (SSSR count). The Balaban J connectivity index is 2.45. The molecule has 6 nitrogen and oxygen atoms in total. The molecule has 2 aromatic carbocycles. The maximum absolute atomic E-state index is 12.4. The average molecular weight is 306 g/mol. The van der Waals surface area contributed by atoms with Crippen LogP contribution < -0.4 is 5.84 Å². The van der Waals surface area contributed by atoms with Gasteiger partial charge >= 0.3 is 0 Å². The van der Waals surface area contributed by atoms with E-state index in [4.69, 9.17) is 5.84 Å². The fraction of sp³-hybridized carbons (Fsp3) is 0.0714. The normalized spacial score (nSPS) is 11.1. The van der Waals surface area contributed by atoms with Crippen LogP contribution in [-0.2, 0) is 10.0 Å². The SMILES string of the molecule is Cc1ccccc1S(=O)(=O)N(N)C(=O)c1ccccc1O. The van der Waals surface area contributed by atoms with Gasteiger partial charge in [0.2, 0.25) is 0 Å². The van der Waals surface area contributed by atoms with E-state index in [9.17, 15) is 18.3 Å². The van der Waals surface area contributed by atoms with Crippen LogP contribution in [0.5, 0.6) is 5.75 Å². The summed E-state index contributed by atoms with van der Waals surface area (Å²) in [6.45, 7) is 1.60. The van der Waals surface area contributed by atoms with Crippen LogP contribution in [0.25, 0.3) is 0 Å². The highest BCUT2D eigenvalue weighted by atomic mass is 32.2. The Labute approximate surface area is 122 Å². The Bertz CT molecular complexity index is 787. The summed E-state index contributed by atoms with van der Waals surface area (Å²) < 4.78 is 24.9. The Morgan fingerprint density at radius 3 is 2.29 bits per heavy atom. The zero-order valence-electron chi connectivity index (χ0n) is 11.2. The van der Waals surface area contributed by atoms with Gasteiger partial charge in [0, 0.05) is 0 Å². The number of para-hydroxylation sites is 1. The number of carbonyl (C=O) groups is 1. The fourth-order valence-corrected chi connectivity index (χ4v) is 3.09. The number of aryl methyl sites for hydroxylation is 1. The Morgan fingerprint density at radius 1 is 1.10 bits per heavy atom. The molecule has 0 aliphatic carbocycles. The first-order chi connectivity index (χ1) is 9.85. The van der Waals surface area contributed by atoms with E-state index in [0.29, 0.717) is 5.56 Å². The zero-order valence-corrected chi connectivity index (χ0v) is 12.0. The first kappa shape index (κ1) is 15.0. The van der Waals surface area contributed by atoms with Crippen LogP contribution in [-0.4, -0.2) is 23.8 Å². The van der Waals surface area contributed by atoms with Crippen molar-refractivity contribution >= 4 is 15.9 Å². The summed E-state index contributed by atoms with van der Waals surface area (Å²) in [6, 6.07) is 11.8. The Kier molecular flexibility index (Phi) is 3.97. The van der Waals surface area contributed by atoms with E-state index in [1.165, 1.54) is 36.4 Å². The van der Waals surface area contributed by atoms with Crippen molar-refractivity contribution in [2.45, 2.75) is 11.8 Å². The van der Waals surface area contributed by atoms with Crippen LogP contribution in [0, 0.1) is 6.92 Å². The second-order valence-corrected chi connectivity index (χ2v) is 6.17. The molecular weight excluding hydrogens is 292 g/mol. The summed E-state index contributed by atoms with van der Waals surface area (Å²) >= 11 is 0. The number of sulfonamides is 1. The van der Waals surface area contributed by atoms with Crippen molar-refractivity contribution in [3.05, 3.63) is 59.7 Å². The number of phenols is 1. The molecule has 3 N–H and O–H groups in total. The number of amides is 1. The molecule has 0 aliphatic heterocycles. The van der Waals surface area contributed by atoms with E-state index in [0.717, 1.165) is 0 Å². The molecule has 0 radical (unpaired) electrons. The summed E-state index contributed by atoms with van der Waals surface area (Å²) in [7, 11) is -4.18. The van der Waals surface area contributed by atoms with Gasteiger partial charge in [0.25, 0.3) is 15.9 Å². The van der Waals surface area contributed by atoms with Crippen molar-refractivity contribution in [2.24, 2.45) is 5.84 Å². The van der Waals surface area contributed by atoms with Crippen molar-refractivity contribution in [1.82, 2.24) is 4.41 Å². The molecule has 0 aromatic heterocycles. The third kappa shape index (κ3) is 2.74. The second kappa shape index (κ2) is 5.55. The molecule has 0 saturated carbocycles. The smallest absolute Gasteiger partial charge is 0.285 e. The van der Waals surface area contributed by atoms with Gasteiger partial charge in [0.1, 0.15) is 5.75 Å². The van der Waals surface area contributed by atoms with Gasteiger partial charge in [-0.05, 0) is 30.7 Å². The zero-order chi connectivity index (χ0) is 15.6. The summed E-state index contributed by atoms with van der Waals surface area (Å²) in [5.74, 6) is 4.14. The number of aromatic hydroxyl groups is 1. The lowest BCUT2D eigenvalue weighted by Gasteiger charge is -2.18. The van der Waals surface area contributed by atoms with E-state index in [1.54, 1.807) is 19.1 Å². The number of carbonyl (C=O) groups excluding carboxylic acids is 1. The lowest BCUT2D eigenvalue weighted by molar-refractivity contribution is 0.0858. The molecule has 0 atom stereocenters. The minimum Gasteiger partial charge on any atom is -0.507 e.